The Balaban J connectivity index is 1.37. The minimum absolute atomic E-state index is 0.0246. The van der Waals surface area contributed by atoms with Crippen LogP contribution in [0.5, 0.6) is 0 Å². The highest BCUT2D eigenvalue weighted by atomic mass is 19.1. The third kappa shape index (κ3) is 5.76. The number of hydrogen-bond acceptors (Lipinski definition) is 6. The van der Waals surface area contributed by atoms with Crippen molar-refractivity contribution in [2.24, 2.45) is 0 Å². The zero-order chi connectivity index (χ0) is 23.0. The fourth-order valence-electron chi connectivity index (χ4n) is 2.97. The number of para-hydroxylation sites is 1. The van der Waals surface area contributed by atoms with Crippen LogP contribution in [0.4, 0.5) is 21.8 Å². The molecular formula is C23H20FN7O2. The van der Waals surface area contributed by atoms with E-state index in [2.05, 4.69) is 31.0 Å². The van der Waals surface area contributed by atoms with Crippen molar-refractivity contribution in [1.29, 1.82) is 0 Å². The number of hydrogen-bond donors (Lipinski definition) is 3. The third-order valence-corrected chi connectivity index (χ3v) is 4.58. The maximum absolute atomic E-state index is 14.0. The van der Waals surface area contributed by atoms with Gasteiger partial charge in [0.05, 0.1) is 11.3 Å². The summed E-state index contributed by atoms with van der Waals surface area (Å²) in [6.07, 6.45) is 2.83. The van der Waals surface area contributed by atoms with Crippen LogP contribution < -0.4 is 16.0 Å². The summed E-state index contributed by atoms with van der Waals surface area (Å²) < 4.78 is 15.3. The van der Waals surface area contributed by atoms with Crippen molar-refractivity contribution in [2.75, 3.05) is 10.6 Å². The summed E-state index contributed by atoms with van der Waals surface area (Å²) in [5.74, 6) is -1.05. The first-order valence-electron chi connectivity index (χ1n) is 10.1. The molecule has 0 aliphatic rings. The molecule has 4 rings (SSSR count). The van der Waals surface area contributed by atoms with Crippen molar-refractivity contribution in [2.45, 2.75) is 13.1 Å². The monoisotopic (exact) mass is 445 g/mol. The second kappa shape index (κ2) is 10.1. The number of benzene rings is 2. The van der Waals surface area contributed by atoms with Gasteiger partial charge in [-0.1, -0.05) is 42.5 Å². The lowest BCUT2D eigenvalue weighted by atomic mass is 10.2. The first-order valence-corrected chi connectivity index (χ1v) is 10.1. The Kier molecular flexibility index (Phi) is 6.64. The molecule has 0 spiro atoms. The topological polar surface area (TPSA) is 114 Å². The average molecular weight is 445 g/mol. The summed E-state index contributed by atoms with van der Waals surface area (Å²) in [6, 6.07) is 18.7. The minimum atomic E-state index is -0.534. The molecule has 0 unspecified atom stereocenters. The van der Waals surface area contributed by atoms with Crippen molar-refractivity contribution in [1.82, 2.24) is 25.1 Å². The fourth-order valence-corrected chi connectivity index (χ4v) is 2.97. The van der Waals surface area contributed by atoms with Crippen LogP contribution in [0.3, 0.4) is 0 Å². The summed E-state index contributed by atoms with van der Waals surface area (Å²) in [6.45, 7) is 0.347. The number of aromatic nitrogens is 4. The normalized spacial score (nSPS) is 10.5. The van der Waals surface area contributed by atoms with Crippen LogP contribution in [0.2, 0.25) is 0 Å². The number of pyridine rings is 1. The Labute approximate surface area is 188 Å². The molecule has 0 aliphatic carbocycles. The summed E-state index contributed by atoms with van der Waals surface area (Å²) in [5, 5.41) is 12.3. The van der Waals surface area contributed by atoms with Crippen molar-refractivity contribution < 1.29 is 14.0 Å². The number of carbonyl (C=O) groups is 2. The van der Waals surface area contributed by atoms with Gasteiger partial charge in [0.2, 0.25) is 11.9 Å². The fraction of sp³-hybridized carbons (Fsp3) is 0.0870. The minimum Gasteiger partial charge on any atom is -0.350 e. The quantitative estimate of drug-likeness (QED) is 0.384. The average Bonchev–Trinajstić information content (AvgIpc) is 3.26. The Morgan fingerprint density at radius 2 is 1.73 bits per heavy atom. The van der Waals surface area contributed by atoms with E-state index in [4.69, 9.17) is 0 Å². The molecule has 2 heterocycles. The first-order chi connectivity index (χ1) is 16.1. The highest BCUT2D eigenvalue weighted by Crippen LogP contribution is 2.21. The number of amides is 2. The van der Waals surface area contributed by atoms with Gasteiger partial charge in [-0.2, -0.15) is 0 Å². The van der Waals surface area contributed by atoms with E-state index in [0.717, 1.165) is 5.56 Å². The lowest BCUT2D eigenvalue weighted by Crippen LogP contribution is -2.27. The standard InChI is InChI=1S/C23H20FN7O2/c24-18-10-4-5-11-19(18)28-21-17(9-6-12-25-21)22(33)29-23-27-15-31(30-23)14-20(32)26-13-16-7-2-1-3-8-16/h1-12,15H,13-14H2,(H,25,28)(H,26,32)(H,29,30,33). The molecule has 0 aliphatic heterocycles. The van der Waals surface area contributed by atoms with Gasteiger partial charge in [-0.25, -0.2) is 19.0 Å². The van der Waals surface area contributed by atoms with Crippen LogP contribution in [0.15, 0.2) is 79.3 Å². The Morgan fingerprint density at radius 1 is 0.939 bits per heavy atom. The van der Waals surface area contributed by atoms with Gasteiger partial charge < -0.3 is 10.6 Å². The van der Waals surface area contributed by atoms with Crippen molar-refractivity contribution in [3.05, 3.63) is 96.2 Å². The number of halogens is 1. The van der Waals surface area contributed by atoms with E-state index < -0.39 is 11.7 Å². The van der Waals surface area contributed by atoms with E-state index in [9.17, 15) is 14.0 Å². The van der Waals surface area contributed by atoms with Crippen molar-refractivity contribution >= 4 is 29.3 Å². The molecule has 0 bridgehead atoms. The molecular weight excluding hydrogens is 425 g/mol. The lowest BCUT2D eigenvalue weighted by Gasteiger charge is -2.10. The second-order valence-corrected chi connectivity index (χ2v) is 6.99. The van der Waals surface area contributed by atoms with Crippen LogP contribution in [0.1, 0.15) is 15.9 Å². The molecule has 0 saturated heterocycles. The van der Waals surface area contributed by atoms with Crippen LogP contribution >= 0.6 is 0 Å². The van der Waals surface area contributed by atoms with Gasteiger partial charge in [0.1, 0.15) is 24.5 Å². The maximum Gasteiger partial charge on any atom is 0.261 e. The SMILES string of the molecule is O=C(Cn1cnc(NC(=O)c2cccnc2Nc2ccccc2F)n1)NCc1ccccc1. The van der Waals surface area contributed by atoms with E-state index in [1.807, 2.05) is 30.3 Å². The largest absolute Gasteiger partial charge is 0.350 e. The highest BCUT2D eigenvalue weighted by Gasteiger charge is 2.16. The summed E-state index contributed by atoms with van der Waals surface area (Å²) in [5.41, 5.74) is 1.35. The molecule has 0 atom stereocenters. The van der Waals surface area contributed by atoms with Gasteiger partial charge in [-0.3, -0.25) is 14.9 Å². The highest BCUT2D eigenvalue weighted by molar-refractivity contribution is 6.07. The molecule has 9 nitrogen and oxygen atoms in total. The predicted octanol–water partition coefficient (Wildman–Crippen LogP) is 3.12. The molecule has 0 saturated carbocycles. The molecule has 2 amide bonds. The first kappa shape index (κ1) is 21.6. The summed E-state index contributed by atoms with van der Waals surface area (Å²) in [4.78, 5) is 33.0. The van der Waals surface area contributed by atoms with E-state index in [1.165, 1.54) is 29.3 Å². The molecule has 3 N–H and O–H groups in total. The van der Waals surface area contributed by atoms with Crippen molar-refractivity contribution in [3.63, 3.8) is 0 Å². The van der Waals surface area contributed by atoms with E-state index >= 15 is 0 Å². The van der Waals surface area contributed by atoms with Gasteiger partial charge in [-0.05, 0) is 29.8 Å². The maximum atomic E-state index is 14.0. The number of nitrogens with one attached hydrogen (secondary N) is 3. The third-order valence-electron chi connectivity index (χ3n) is 4.58. The van der Waals surface area contributed by atoms with Gasteiger partial charge in [0.25, 0.3) is 5.91 Å². The smallest absolute Gasteiger partial charge is 0.261 e. The van der Waals surface area contributed by atoms with Gasteiger partial charge in [0.15, 0.2) is 0 Å². The van der Waals surface area contributed by atoms with Gasteiger partial charge in [-0.15, -0.1) is 5.10 Å². The van der Waals surface area contributed by atoms with Crippen LogP contribution in [-0.2, 0) is 17.9 Å². The molecule has 0 radical (unpaired) electrons. The van der Waals surface area contributed by atoms with Gasteiger partial charge in [0, 0.05) is 12.7 Å². The van der Waals surface area contributed by atoms with Gasteiger partial charge >= 0.3 is 0 Å². The van der Waals surface area contributed by atoms with E-state index in [1.54, 1.807) is 24.3 Å². The van der Waals surface area contributed by atoms with Crippen LogP contribution in [-0.4, -0.2) is 31.6 Å². The number of nitrogens with zero attached hydrogens (tertiary/aromatic N) is 4. The molecule has 166 valence electrons. The lowest BCUT2D eigenvalue weighted by molar-refractivity contribution is -0.122. The molecule has 4 aromatic rings. The van der Waals surface area contributed by atoms with Crippen molar-refractivity contribution in [3.8, 4) is 0 Å². The zero-order valence-corrected chi connectivity index (χ0v) is 17.4. The second-order valence-electron chi connectivity index (χ2n) is 6.99. The van der Waals surface area contributed by atoms with Crippen LogP contribution in [0.25, 0.3) is 0 Å². The molecule has 10 heteroatoms. The molecule has 0 fully saturated rings. The predicted molar refractivity (Wildman–Crippen MR) is 120 cm³/mol. The molecule has 33 heavy (non-hydrogen) atoms. The number of rotatable bonds is 8. The summed E-state index contributed by atoms with van der Waals surface area (Å²) in [7, 11) is 0. The summed E-state index contributed by atoms with van der Waals surface area (Å²) >= 11 is 0. The van der Waals surface area contributed by atoms with E-state index in [0.29, 0.717) is 6.54 Å². The Morgan fingerprint density at radius 3 is 2.55 bits per heavy atom. The Hall–Kier alpha value is -4.60. The molecule has 2 aromatic heterocycles. The van der Waals surface area contributed by atoms with Crippen LogP contribution in [0, 0.1) is 5.82 Å². The Bertz CT molecular complexity index is 1260. The molecule has 2 aromatic carbocycles. The number of carbonyl (C=O) groups excluding carboxylic acids is 2. The van der Waals surface area contributed by atoms with E-state index in [-0.39, 0.29) is 35.5 Å². The zero-order valence-electron chi connectivity index (χ0n) is 17.4. The number of anilines is 3.